The fraction of sp³-hybridized carbons (Fsp3) is 0.343. The normalized spacial score (nSPS) is 13.6. The van der Waals surface area contributed by atoms with Crippen molar-refractivity contribution in [1.29, 1.82) is 0 Å². The van der Waals surface area contributed by atoms with Gasteiger partial charge in [0.2, 0.25) is 0 Å². The Hall–Kier alpha value is -3.80. The summed E-state index contributed by atoms with van der Waals surface area (Å²) in [5.41, 5.74) is 5.25. The third-order valence-corrected chi connectivity index (χ3v) is 9.00. The van der Waals surface area contributed by atoms with Crippen LogP contribution in [0.1, 0.15) is 68.4 Å². The number of hydrogen-bond acceptors (Lipinski definition) is 6. The molecule has 8 heteroatoms. The number of fused-ring (bicyclic) bond motifs is 1. The van der Waals surface area contributed by atoms with E-state index in [1.54, 1.807) is 32.9 Å². The second-order valence-corrected chi connectivity index (χ2v) is 13.7. The second-order valence-electron chi connectivity index (χ2n) is 11.6. The van der Waals surface area contributed by atoms with Crippen LogP contribution in [0.4, 0.5) is 0 Å². The molecule has 0 aliphatic rings. The van der Waals surface area contributed by atoms with Gasteiger partial charge in [-0.3, -0.25) is 9.36 Å². The molecule has 0 saturated carbocycles. The monoisotopic (exact) mass is 603 g/mol. The van der Waals surface area contributed by atoms with Crippen molar-refractivity contribution < 1.29 is 28.5 Å². The van der Waals surface area contributed by atoms with Gasteiger partial charge in [-0.25, -0.2) is 5.09 Å². The van der Waals surface area contributed by atoms with E-state index in [9.17, 15) is 14.5 Å². The minimum Gasteiger partial charge on any atom is -0.508 e. The molecule has 0 saturated heterocycles. The predicted octanol–water partition coefficient (Wildman–Crippen LogP) is 8.41. The largest absolute Gasteiger partial charge is 0.508 e. The zero-order valence-electron chi connectivity index (χ0n) is 26.0. The van der Waals surface area contributed by atoms with Crippen molar-refractivity contribution in [3.05, 3.63) is 101 Å². The van der Waals surface area contributed by atoms with Crippen LogP contribution in [-0.4, -0.2) is 29.6 Å². The van der Waals surface area contributed by atoms with Crippen molar-refractivity contribution in [1.82, 2.24) is 5.09 Å². The van der Waals surface area contributed by atoms with E-state index >= 15 is 0 Å². The summed E-state index contributed by atoms with van der Waals surface area (Å²) in [6, 6.07) is 21.9. The maximum absolute atomic E-state index is 14.3. The Kier molecular flexibility index (Phi) is 10.2. The number of carbonyl (C=O) groups excluding carboxylic acids is 1. The molecular formula is C35H42NO6P. The number of hydrogen-bond donors (Lipinski definition) is 2. The third-order valence-electron chi connectivity index (χ3n) is 7.26. The summed E-state index contributed by atoms with van der Waals surface area (Å²) in [4.78, 5) is 12.6. The van der Waals surface area contributed by atoms with E-state index in [4.69, 9.17) is 14.0 Å². The fourth-order valence-corrected chi connectivity index (χ4v) is 6.73. The van der Waals surface area contributed by atoms with E-state index in [1.165, 1.54) is 0 Å². The van der Waals surface area contributed by atoms with Gasteiger partial charge in [-0.1, -0.05) is 62.4 Å². The van der Waals surface area contributed by atoms with Gasteiger partial charge in [-0.2, -0.15) is 0 Å². The van der Waals surface area contributed by atoms with Gasteiger partial charge >= 0.3 is 13.5 Å². The number of rotatable bonds is 12. The molecule has 1 unspecified atom stereocenters. The maximum Gasteiger partial charge on any atom is 0.354 e. The molecule has 4 rings (SSSR count). The Morgan fingerprint density at radius 1 is 0.907 bits per heavy atom. The Labute approximate surface area is 254 Å². The van der Waals surface area contributed by atoms with Gasteiger partial charge in [0.05, 0.1) is 6.10 Å². The van der Waals surface area contributed by atoms with Gasteiger partial charge in [0, 0.05) is 5.39 Å². The number of benzene rings is 4. The van der Waals surface area contributed by atoms with Crippen molar-refractivity contribution in [3.8, 4) is 17.2 Å². The molecule has 0 fully saturated rings. The van der Waals surface area contributed by atoms with E-state index in [0.29, 0.717) is 23.7 Å². The van der Waals surface area contributed by atoms with Crippen LogP contribution < -0.4 is 14.3 Å². The Morgan fingerprint density at radius 3 is 2.26 bits per heavy atom. The summed E-state index contributed by atoms with van der Waals surface area (Å²) in [6.07, 6.45) is 0.0931. The van der Waals surface area contributed by atoms with Crippen LogP contribution in [0.5, 0.6) is 17.2 Å². The number of aryl methyl sites for hydroxylation is 2. The highest BCUT2D eigenvalue weighted by molar-refractivity contribution is 7.57. The lowest BCUT2D eigenvalue weighted by atomic mass is 9.93. The van der Waals surface area contributed by atoms with Crippen molar-refractivity contribution >= 4 is 24.3 Å². The average Bonchev–Trinajstić information content (AvgIpc) is 2.94. The molecule has 0 aromatic heterocycles. The summed E-state index contributed by atoms with van der Waals surface area (Å²) in [6.45, 7) is 13.3. The summed E-state index contributed by atoms with van der Waals surface area (Å²) >= 11 is 0. The van der Waals surface area contributed by atoms with E-state index in [-0.39, 0.29) is 18.4 Å². The average molecular weight is 604 g/mol. The first kappa shape index (κ1) is 32.1. The minimum absolute atomic E-state index is 0.216. The lowest BCUT2D eigenvalue weighted by molar-refractivity contribution is -0.149. The van der Waals surface area contributed by atoms with Crippen LogP contribution in [0, 0.1) is 13.8 Å². The Bertz CT molecular complexity index is 1620. The van der Waals surface area contributed by atoms with Crippen molar-refractivity contribution in [2.24, 2.45) is 0 Å². The number of ether oxygens (including phenoxy) is 2. The lowest BCUT2D eigenvalue weighted by Crippen LogP contribution is -2.36. The first-order valence-electron chi connectivity index (χ1n) is 14.6. The molecule has 7 nitrogen and oxygen atoms in total. The summed E-state index contributed by atoms with van der Waals surface area (Å²) in [7, 11) is -3.78. The van der Waals surface area contributed by atoms with Crippen LogP contribution in [0.25, 0.3) is 10.8 Å². The van der Waals surface area contributed by atoms with Crippen LogP contribution in [0.15, 0.2) is 72.8 Å². The lowest BCUT2D eigenvalue weighted by Gasteiger charge is -2.25. The summed E-state index contributed by atoms with van der Waals surface area (Å²) < 4.78 is 31.9. The van der Waals surface area contributed by atoms with Crippen LogP contribution in [0.2, 0.25) is 0 Å². The molecule has 0 radical (unpaired) electrons. The van der Waals surface area contributed by atoms with E-state index in [2.05, 4.69) is 25.0 Å². The third kappa shape index (κ3) is 8.19. The quantitative estimate of drug-likeness (QED) is 0.124. The zero-order chi connectivity index (χ0) is 31.3. The van der Waals surface area contributed by atoms with Gasteiger partial charge in [0.25, 0.3) is 0 Å². The highest BCUT2D eigenvalue weighted by Gasteiger charge is 2.32. The molecule has 228 valence electrons. The van der Waals surface area contributed by atoms with Gasteiger partial charge in [0.15, 0.2) is 6.35 Å². The Balaban J connectivity index is 1.58. The molecule has 43 heavy (non-hydrogen) atoms. The summed E-state index contributed by atoms with van der Waals surface area (Å²) in [5, 5.41) is 14.9. The molecule has 0 amide bonds. The van der Waals surface area contributed by atoms with Crippen LogP contribution >= 0.6 is 7.52 Å². The molecule has 0 aliphatic carbocycles. The number of phenols is 1. The SMILES string of the molecule is Cc1cc(OCP(=O)(N[C@@H](C)C(=O)OC(C)C)Oc2cccc3ccccc23)cc(C)c1Cc1ccc(O)c(C(C)C)c1. The summed E-state index contributed by atoms with van der Waals surface area (Å²) in [5.74, 6) is 0.981. The van der Waals surface area contributed by atoms with Crippen molar-refractivity contribution in [2.75, 3.05) is 6.35 Å². The second kappa shape index (κ2) is 13.7. The number of aromatic hydroxyl groups is 1. The molecule has 0 aliphatic heterocycles. The van der Waals surface area contributed by atoms with Crippen LogP contribution in [0.3, 0.4) is 0 Å². The van der Waals surface area contributed by atoms with Gasteiger partial charge in [0.1, 0.15) is 23.3 Å². The molecular weight excluding hydrogens is 561 g/mol. The van der Waals surface area contributed by atoms with E-state index < -0.39 is 19.5 Å². The molecule has 2 atom stereocenters. The molecule has 0 heterocycles. The smallest absolute Gasteiger partial charge is 0.354 e. The predicted molar refractivity (Wildman–Crippen MR) is 172 cm³/mol. The van der Waals surface area contributed by atoms with Gasteiger partial charge in [-0.15, -0.1) is 0 Å². The topological polar surface area (TPSA) is 94.1 Å². The van der Waals surface area contributed by atoms with Crippen molar-refractivity contribution in [2.45, 2.75) is 73.0 Å². The number of carbonyl (C=O) groups is 1. The number of phenolic OH excluding ortho intramolecular Hbond substituents is 1. The van der Waals surface area contributed by atoms with Crippen LogP contribution in [-0.2, 0) is 20.5 Å². The molecule has 2 N–H and O–H groups in total. The zero-order valence-corrected chi connectivity index (χ0v) is 26.9. The van der Waals surface area contributed by atoms with E-state index in [1.807, 2.05) is 68.4 Å². The van der Waals surface area contributed by atoms with Gasteiger partial charge in [-0.05, 0) is 104 Å². The number of nitrogens with one attached hydrogen (secondary N) is 1. The minimum atomic E-state index is -3.78. The molecule has 0 bridgehead atoms. The molecule has 4 aromatic rings. The highest BCUT2D eigenvalue weighted by Crippen LogP contribution is 2.46. The standard InChI is InChI=1S/C35H42NO6P/c1-22(2)31-19-27(15-16-33(31)37)20-32-24(5)17-29(18-25(32)6)40-21-43(39,36-26(7)35(38)41-23(3)4)42-34-14-10-12-28-11-8-9-13-30(28)34/h8-19,22-23,26,37H,20-21H2,1-7H3,(H,36,39)/t26-,43?/m0/s1. The first-order chi connectivity index (χ1) is 20.3. The Morgan fingerprint density at radius 2 is 1.58 bits per heavy atom. The highest BCUT2D eigenvalue weighted by atomic mass is 31.2. The van der Waals surface area contributed by atoms with E-state index in [0.717, 1.165) is 38.6 Å². The first-order valence-corrected chi connectivity index (χ1v) is 16.5. The van der Waals surface area contributed by atoms with Gasteiger partial charge < -0.3 is 19.1 Å². The number of esters is 1. The maximum atomic E-state index is 14.3. The molecule has 0 spiro atoms. The van der Waals surface area contributed by atoms with Crippen molar-refractivity contribution in [3.63, 3.8) is 0 Å². The molecule has 4 aromatic carbocycles. The fourth-order valence-electron chi connectivity index (χ4n) is 5.06.